The third-order valence-electron chi connectivity index (χ3n) is 3.16. The number of aromatic nitrogens is 3. The predicted molar refractivity (Wildman–Crippen MR) is 86.6 cm³/mol. The van der Waals surface area contributed by atoms with Gasteiger partial charge in [0.25, 0.3) is 5.91 Å². The van der Waals surface area contributed by atoms with E-state index in [0.717, 1.165) is 10.6 Å². The molecule has 1 N–H and O–H groups in total. The SMILES string of the molecule is C[C@@H](NC(=O)c1cccc(-n2cncn2)c1)c1ccc(Cl)s1. The van der Waals surface area contributed by atoms with Crippen LogP contribution in [0.4, 0.5) is 0 Å². The van der Waals surface area contributed by atoms with Gasteiger partial charge in [0.1, 0.15) is 12.7 Å². The lowest BCUT2D eigenvalue weighted by Crippen LogP contribution is -2.26. The molecule has 0 fully saturated rings. The quantitative estimate of drug-likeness (QED) is 0.795. The van der Waals surface area contributed by atoms with Crippen LogP contribution in [0.25, 0.3) is 5.69 Å². The van der Waals surface area contributed by atoms with Crippen molar-refractivity contribution in [3.8, 4) is 5.69 Å². The molecule has 0 aliphatic carbocycles. The Bertz CT molecular complexity index is 784. The van der Waals surface area contributed by atoms with E-state index in [0.29, 0.717) is 9.90 Å². The van der Waals surface area contributed by atoms with E-state index in [1.54, 1.807) is 23.1 Å². The number of carbonyl (C=O) groups excluding carboxylic acids is 1. The molecule has 0 saturated heterocycles. The minimum absolute atomic E-state index is 0.0972. The Labute approximate surface area is 136 Å². The van der Waals surface area contributed by atoms with E-state index >= 15 is 0 Å². The van der Waals surface area contributed by atoms with Crippen LogP contribution in [0.1, 0.15) is 28.2 Å². The van der Waals surface area contributed by atoms with Gasteiger partial charge < -0.3 is 5.32 Å². The van der Waals surface area contributed by atoms with Gasteiger partial charge in [0.2, 0.25) is 0 Å². The number of rotatable bonds is 4. The van der Waals surface area contributed by atoms with E-state index in [2.05, 4.69) is 15.4 Å². The van der Waals surface area contributed by atoms with Crippen LogP contribution in [-0.2, 0) is 0 Å². The molecule has 0 aliphatic heterocycles. The van der Waals surface area contributed by atoms with Gasteiger partial charge in [0.05, 0.1) is 16.1 Å². The maximum absolute atomic E-state index is 12.4. The van der Waals surface area contributed by atoms with Crippen molar-refractivity contribution in [2.45, 2.75) is 13.0 Å². The lowest BCUT2D eigenvalue weighted by atomic mass is 10.1. The topological polar surface area (TPSA) is 59.8 Å². The molecule has 22 heavy (non-hydrogen) atoms. The number of hydrogen-bond donors (Lipinski definition) is 1. The normalized spacial score (nSPS) is 12.1. The van der Waals surface area contributed by atoms with Crippen LogP contribution in [0, 0.1) is 0 Å². The number of nitrogens with one attached hydrogen (secondary N) is 1. The van der Waals surface area contributed by atoms with Crippen molar-refractivity contribution in [2.24, 2.45) is 0 Å². The largest absolute Gasteiger partial charge is 0.345 e. The third kappa shape index (κ3) is 3.18. The van der Waals surface area contributed by atoms with Crippen LogP contribution in [0.5, 0.6) is 0 Å². The summed E-state index contributed by atoms with van der Waals surface area (Å²) < 4.78 is 2.32. The molecule has 5 nitrogen and oxygen atoms in total. The van der Waals surface area contributed by atoms with Gasteiger partial charge in [0, 0.05) is 10.4 Å². The summed E-state index contributed by atoms with van der Waals surface area (Å²) in [5.41, 5.74) is 1.36. The molecule has 0 aliphatic rings. The van der Waals surface area contributed by atoms with Crippen LogP contribution in [0.15, 0.2) is 49.1 Å². The van der Waals surface area contributed by atoms with Gasteiger partial charge in [0.15, 0.2) is 0 Å². The zero-order chi connectivity index (χ0) is 15.5. The van der Waals surface area contributed by atoms with Gasteiger partial charge in [-0.1, -0.05) is 17.7 Å². The highest BCUT2D eigenvalue weighted by atomic mass is 35.5. The molecular formula is C15H13ClN4OS. The fraction of sp³-hybridized carbons (Fsp3) is 0.133. The molecule has 1 aromatic carbocycles. The van der Waals surface area contributed by atoms with E-state index in [1.165, 1.54) is 17.7 Å². The number of amides is 1. The lowest BCUT2D eigenvalue weighted by molar-refractivity contribution is 0.0940. The maximum Gasteiger partial charge on any atom is 0.251 e. The van der Waals surface area contributed by atoms with Crippen molar-refractivity contribution < 1.29 is 4.79 Å². The fourth-order valence-electron chi connectivity index (χ4n) is 2.04. The molecule has 1 amide bonds. The Morgan fingerprint density at radius 2 is 2.23 bits per heavy atom. The summed E-state index contributed by atoms with van der Waals surface area (Å²) in [6, 6.07) is 10.9. The van der Waals surface area contributed by atoms with E-state index in [4.69, 9.17) is 11.6 Å². The van der Waals surface area contributed by atoms with Crippen LogP contribution in [0.3, 0.4) is 0 Å². The fourth-order valence-corrected chi connectivity index (χ4v) is 3.11. The third-order valence-corrected chi connectivity index (χ3v) is 4.57. The standard InChI is InChI=1S/C15H13ClN4OS/c1-10(13-5-6-14(16)22-13)19-15(21)11-3-2-4-12(7-11)20-9-17-8-18-20/h2-10H,1H3,(H,19,21)/t10-/m1/s1. The van der Waals surface area contributed by atoms with E-state index < -0.39 is 0 Å². The van der Waals surface area contributed by atoms with Gasteiger partial charge in [-0.2, -0.15) is 5.10 Å². The minimum Gasteiger partial charge on any atom is -0.345 e. The molecule has 0 unspecified atom stereocenters. The second-order valence-corrected chi connectivity index (χ2v) is 6.47. The number of halogens is 1. The first kappa shape index (κ1) is 14.7. The summed E-state index contributed by atoms with van der Waals surface area (Å²) in [5, 5.41) is 7.02. The summed E-state index contributed by atoms with van der Waals surface area (Å²) >= 11 is 7.39. The molecule has 0 saturated carbocycles. The number of thiophene rings is 1. The van der Waals surface area contributed by atoms with Crippen molar-refractivity contribution in [2.75, 3.05) is 0 Å². The molecule has 0 bridgehead atoms. The predicted octanol–water partition coefficient (Wildman–Crippen LogP) is 3.47. The Kier molecular flexibility index (Phi) is 4.22. The molecule has 3 aromatic rings. The highest BCUT2D eigenvalue weighted by Crippen LogP contribution is 2.26. The molecule has 0 spiro atoms. The molecule has 7 heteroatoms. The second kappa shape index (κ2) is 6.29. The van der Waals surface area contributed by atoms with Crippen molar-refractivity contribution in [3.05, 3.63) is 63.8 Å². The van der Waals surface area contributed by atoms with Gasteiger partial charge in [-0.25, -0.2) is 9.67 Å². The first-order chi connectivity index (χ1) is 10.6. The zero-order valence-corrected chi connectivity index (χ0v) is 13.3. The summed E-state index contributed by atoms with van der Waals surface area (Å²) in [7, 11) is 0. The van der Waals surface area contributed by atoms with Crippen LogP contribution >= 0.6 is 22.9 Å². The zero-order valence-electron chi connectivity index (χ0n) is 11.7. The molecule has 2 aromatic heterocycles. The highest BCUT2D eigenvalue weighted by Gasteiger charge is 2.13. The van der Waals surface area contributed by atoms with Crippen LogP contribution < -0.4 is 5.32 Å². The average Bonchev–Trinajstić information content (AvgIpc) is 3.18. The van der Waals surface area contributed by atoms with Gasteiger partial charge in [-0.05, 0) is 37.3 Å². The van der Waals surface area contributed by atoms with Crippen molar-refractivity contribution >= 4 is 28.8 Å². The van der Waals surface area contributed by atoms with Crippen molar-refractivity contribution in [1.82, 2.24) is 20.1 Å². The molecule has 2 heterocycles. The monoisotopic (exact) mass is 332 g/mol. The minimum atomic E-state index is -0.140. The van der Waals surface area contributed by atoms with Gasteiger partial charge in [-0.15, -0.1) is 11.3 Å². The Morgan fingerprint density at radius 3 is 2.91 bits per heavy atom. The first-order valence-electron chi connectivity index (χ1n) is 6.64. The first-order valence-corrected chi connectivity index (χ1v) is 7.84. The Morgan fingerprint density at radius 1 is 1.36 bits per heavy atom. The molecule has 112 valence electrons. The van der Waals surface area contributed by atoms with Crippen LogP contribution in [-0.4, -0.2) is 20.7 Å². The van der Waals surface area contributed by atoms with Gasteiger partial charge >= 0.3 is 0 Å². The van der Waals surface area contributed by atoms with Crippen molar-refractivity contribution in [1.29, 1.82) is 0 Å². The lowest BCUT2D eigenvalue weighted by Gasteiger charge is -2.12. The van der Waals surface area contributed by atoms with Gasteiger partial charge in [-0.3, -0.25) is 4.79 Å². The number of nitrogens with zero attached hydrogens (tertiary/aromatic N) is 3. The smallest absolute Gasteiger partial charge is 0.251 e. The summed E-state index contributed by atoms with van der Waals surface area (Å²) in [6.45, 7) is 1.93. The van der Waals surface area contributed by atoms with Crippen molar-refractivity contribution in [3.63, 3.8) is 0 Å². The number of hydrogen-bond acceptors (Lipinski definition) is 4. The Hall–Kier alpha value is -2.18. The summed E-state index contributed by atoms with van der Waals surface area (Å²) in [6.07, 6.45) is 3.04. The number of benzene rings is 1. The summed E-state index contributed by atoms with van der Waals surface area (Å²) in [4.78, 5) is 17.3. The average molecular weight is 333 g/mol. The molecular weight excluding hydrogens is 320 g/mol. The molecule has 3 rings (SSSR count). The highest BCUT2D eigenvalue weighted by molar-refractivity contribution is 7.16. The van der Waals surface area contributed by atoms with E-state index in [-0.39, 0.29) is 11.9 Å². The van der Waals surface area contributed by atoms with E-state index in [1.807, 2.05) is 31.2 Å². The second-order valence-electron chi connectivity index (χ2n) is 4.73. The Balaban J connectivity index is 1.76. The molecule has 1 atom stereocenters. The summed E-state index contributed by atoms with van der Waals surface area (Å²) in [5.74, 6) is -0.140. The van der Waals surface area contributed by atoms with E-state index in [9.17, 15) is 4.79 Å². The maximum atomic E-state index is 12.4. The van der Waals surface area contributed by atoms with Crippen LogP contribution in [0.2, 0.25) is 4.34 Å². The molecule has 0 radical (unpaired) electrons. The number of carbonyl (C=O) groups is 1.